The summed E-state index contributed by atoms with van der Waals surface area (Å²) in [7, 11) is 0. The van der Waals surface area contributed by atoms with Crippen LogP contribution in [0, 0.1) is 29.1 Å². The molecule has 0 aromatic heterocycles. The van der Waals surface area contributed by atoms with Crippen molar-refractivity contribution in [3.05, 3.63) is 60.4 Å². The van der Waals surface area contributed by atoms with Crippen molar-refractivity contribution in [3.63, 3.8) is 0 Å². The largest absolute Gasteiger partial charge is 0.434 e. The normalized spacial score (nSPS) is 34.5. The molecule has 6 atom stereocenters. The lowest BCUT2D eigenvalue weighted by Crippen LogP contribution is -2.51. The summed E-state index contributed by atoms with van der Waals surface area (Å²) >= 11 is 0. The number of hydrogen-bond acceptors (Lipinski definition) is 4. The number of carbonyl (C=O) groups is 2. The standard InChI is InChI=1S/C26H33NO3/c1-17-9-10-21-18(2)24(28)11-13-26(21,3)22(17)15-23(20-12-14-30-25(20)29)27-16-19-7-5-4-6-8-19/h4-8,12,14,18,20-23,27H,1,9-11,13,15-16H2,2-3H3/t18-,20?,21?,22?,23?,26+/m1/s1. The van der Waals surface area contributed by atoms with Crippen LogP contribution < -0.4 is 5.32 Å². The second-order valence-electron chi connectivity index (χ2n) is 9.62. The third kappa shape index (κ3) is 3.90. The van der Waals surface area contributed by atoms with E-state index in [1.54, 1.807) is 0 Å². The van der Waals surface area contributed by atoms with E-state index in [0.717, 1.165) is 25.7 Å². The van der Waals surface area contributed by atoms with Crippen molar-refractivity contribution in [1.29, 1.82) is 0 Å². The number of benzene rings is 1. The summed E-state index contributed by atoms with van der Waals surface area (Å²) in [6, 6.07) is 10.2. The SMILES string of the molecule is C=C1CCC2[C@@H](C)C(=O)CC[C@]2(C)C1CC(NCc1ccccc1)C1C=COC1=O. The minimum Gasteiger partial charge on any atom is -0.434 e. The average molecular weight is 408 g/mol. The van der Waals surface area contributed by atoms with Crippen LogP contribution in [-0.4, -0.2) is 17.8 Å². The van der Waals surface area contributed by atoms with Gasteiger partial charge in [-0.25, -0.2) is 0 Å². The molecule has 1 aromatic rings. The fraction of sp³-hybridized carbons (Fsp3) is 0.538. The fourth-order valence-corrected chi connectivity index (χ4v) is 6.13. The highest BCUT2D eigenvalue weighted by Crippen LogP contribution is 2.57. The maximum Gasteiger partial charge on any atom is 0.319 e. The smallest absolute Gasteiger partial charge is 0.319 e. The van der Waals surface area contributed by atoms with Crippen LogP contribution in [0.4, 0.5) is 0 Å². The Morgan fingerprint density at radius 3 is 2.70 bits per heavy atom. The van der Waals surface area contributed by atoms with Gasteiger partial charge in [-0.15, -0.1) is 0 Å². The van der Waals surface area contributed by atoms with Crippen LogP contribution in [0.5, 0.6) is 0 Å². The van der Waals surface area contributed by atoms with Crippen molar-refractivity contribution in [2.75, 3.05) is 0 Å². The first-order valence-electron chi connectivity index (χ1n) is 11.2. The molecule has 4 unspecified atom stereocenters. The van der Waals surface area contributed by atoms with E-state index in [0.29, 0.717) is 30.6 Å². The molecule has 1 N–H and O–H groups in total. The van der Waals surface area contributed by atoms with Gasteiger partial charge in [-0.3, -0.25) is 9.59 Å². The number of esters is 1. The number of nitrogens with one attached hydrogen (secondary N) is 1. The molecule has 4 heteroatoms. The Morgan fingerprint density at radius 2 is 2.00 bits per heavy atom. The summed E-state index contributed by atoms with van der Waals surface area (Å²) in [5, 5.41) is 3.65. The molecule has 2 fully saturated rings. The Bertz CT molecular complexity index is 845. The lowest BCUT2D eigenvalue weighted by Gasteiger charge is -2.54. The van der Waals surface area contributed by atoms with E-state index in [4.69, 9.17) is 4.74 Å². The van der Waals surface area contributed by atoms with Gasteiger partial charge in [0, 0.05) is 24.9 Å². The quantitative estimate of drug-likeness (QED) is 0.543. The van der Waals surface area contributed by atoms with E-state index in [9.17, 15) is 9.59 Å². The minimum atomic E-state index is -0.284. The average Bonchev–Trinajstić information content (AvgIpc) is 3.17. The molecular weight excluding hydrogens is 374 g/mol. The van der Waals surface area contributed by atoms with Crippen LogP contribution in [0.1, 0.15) is 51.5 Å². The van der Waals surface area contributed by atoms with E-state index in [1.165, 1.54) is 17.4 Å². The summed E-state index contributed by atoms with van der Waals surface area (Å²) in [5.41, 5.74) is 2.53. The first-order valence-corrected chi connectivity index (χ1v) is 11.2. The van der Waals surface area contributed by atoms with E-state index in [-0.39, 0.29) is 29.3 Å². The van der Waals surface area contributed by atoms with Gasteiger partial charge in [0.15, 0.2) is 0 Å². The number of allylic oxidation sites excluding steroid dienone is 1. The summed E-state index contributed by atoms with van der Waals surface area (Å²) in [5.74, 6) is 0.747. The first-order chi connectivity index (χ1) is 14.4. The molecule has 0 saturated heterocycles. The van der Waals surface area contributed by atoms with Crippen LogP contribution >= 0.6 is 0 Å². The van der Waals surface area contributed by atoms with Gasteiger partial charge in [0.25, 0.3) is 0 Å². The molecule has 0 radical (unpaired) electrons. The molecule has 1 heterocycles. The highest BCUT2D eigenvalue weighted by atomic mass is 16.5. The van der Waals surface area contributed by atoms with Crippen LogP contribution in [0.25, 0.3) is 0 Å². The van der Waals surface area contributed by atoms with Gasteiger partial charge >= 0.3 is 5.97 Å². The summed E-state index contributed by atoms with van der Waals surface area (Å²) in [6.45, 7) is 9.61. The number of rotatable bonds is 6. The molecule has 0 bridgehead atoms. The van der Waals surface area contributed by atoms with Gasteiger partial charge in [0.1, 0.15) is 5.78 Å². The van der Waals surface area contributed by atoms with Crippen LogP contribution in [0.15, 0.2) is 54.8 Å². The number of hydrogen-bond donors (Lipinski definition) is 1. The van der Waals surface area contributed by atoms with Gasteiger partial charge in [0.05, 0.1) is 12.2 Å². The molecule has 0 amide bonds. The van der Waals surface area contributed by atoms with Crippen molar-refractivity contribution < 1.29 is 14.3 Å². The van der Waals surface area contributed by atoms with Crippen molar-refractivity contribution in [2.24, 2.45) is 29.1 Å². The molecule has 4 rings (SSSR count). The number of ether oxygens (including phenoxy) is 1. The van der Waals surface area contributed by atoms with Crippen LogP contribution in [-0.2, 0) is 20.9 Å². The summed E-state index contributed by atoms with van der Waals surface area (Å²) in [6.07, 6.45) is 7.83. The van der Waals surface area contributed by atoms with E-state index < -0.39 is 0 Å². The molecule has 3 aliphatic rings. The predicted molar refractivity (Wildman–Crippen MR) is 117 cm³/mol. The number of cyclic esters (lactones) is 1. The van der Waals surface area contributed by atoms with Gasteiger partial charge in [-0.1, -0.05) is 56.3 Å². The Hall–Kier alpha value is -2.20. The predicted octanol–water partition coefficient (Wildman–Crippen LogP) is 4.81. The second-order valence-corrected chi connectivity index (χ2v) is 9.62. The number of carbonyl (C=O) groups excluding carboxylic acids is 2. The minimum absolute atomic E-state index is 0.0262. The molecule has 1 aromatic carbocycles. The molecular formula is C26H33NO3. The van der Waals surface area contributed by atoms with Gasteiger partial charge in [0.2, 0.25) is 0 Å². The summed E-state index contributed by atoms with van der Waals surface area (Å²) < 4.78 is 5.15. The molecule has 2 saturated carbocycles. The maximum absolute atomic E-state index is 12.4. The van der Waals surface area contributed by atoms with Gasteiger partial charge in [-0.2, -0.15) is 0 Å². The molecule has 30 heavy (non-hydrogen) atoms. The fourth-order valence-electron chi connectivity index (χ4n) is 6.13. The van der Waals surface area contributed by atoms with Crippen LogP contribution in [0.3, 0.4) is 0 Å². The van der Waals surface area contributed by atoms with Gasteiger partial charge in [-0.05, 0) is 54.6 Å². The third-order valence-electron chi connectivity index (χ3n) is 8.01. The Morgan fingerprint density at radius 1 is 1.23 bits per heavy atom. The van der Waals surface area contributed by atoms with Gasteiger partial charge < -0.3 is 10.1 Å². The molecule has 0 spiro atoms. The zero-order valence-electron chi connectivity index (χ0n) is 18.1. The molecule has 4 nitrogen and oxygen atoms in total. The van der Waals surface area contributed by atoms with E-state index in [2.05, 4.69) is 37.9 Å². The Labute approximate surface area is 179 Å². The number of Topliss-reactive ketones (excluding diaryl/α,β-unsaturated/α-hetero) is 1. The Balaban J connectivity index is 1.57. The second kappa shape index (κ2) is 8.50. The summed E-state index contributed by atoms with van der Waals surface area (Å²) in [4.78, 5) is 24.8. The monoisotopic (exact) mass is 407 g/mol. The van der Waals surface area contributed by atoms with Crippen molar-refractivity contribution in [2.45, 2.75) is 58.5 Å². The Kier molecular flexibility index (Phi) is 5.97. The van der Waals surface area contributed by atoms with Crippen molar-refractivity contribution in [1.82, 2.24) is 5.32 Å². The molecule has 1 aliphatic heterocycles. The topological polar surface area (TPSA) is 55.4 Å². The molecule has 160 valence electrons. The first kappa shape index (κ1) is 21.0. The highest BCUT2D eigenvalue weighted by Gasteiger charge is 2.52. The lowest BCUT2D eigenvalue weighted by molar-refractivity contribution is -0.140. The number of fused-ring (bicyclic) bond motifs is 1. The molecule has 2 aliphatic carbocycles. The zero-order valence-corrected chi connectivity index (χ0v) is 18.1. The van der Waals surface area contributed by atoms with Crippen molar-refractivity contribution >= 4 is 11.8 Å². The van der Waals surface area contributed by atoms with E-state index >= 15 is 0 Å². The van der Waals surface area contributed by atoms with Crippen molar-refractivity contribution in [3.8, 4) is 0 Å². The lowest BCUT2D eigenvalue weighted by atomic mass is 9.50. The zero-order chi connectivity index (χ0) is 21.3. The highest BCUT2D eigenvalue weighted by molar-refractivity contribution is 5.82. The van der Waals surface area contributed by atoms with E-state index in [1.807, 2.05) is 24.3 Å². The number of ketones is 1. The third-order valence-corrected chi connectivity index (χ3v) is 8.01. The van der Waals surface area contributed by atoms with Crippen LogP contribution in [0.2, 0.25) is 0 Å². The maximum atomic E-state index is 12.4.